The second-order valence-corrected chi connectivity index (χ2v) is 5.44. The lowest BCUT2D eigenvalue weighted by Crippen LogP contribution is -2.16. The summed E-state index contributed by atoms with van der Waals surface area (Å²) in [6.07, 6.45) is 0. The molecule has 0 fully saturated rings. The maximum absolute atomic E-state index is 13.8. The molecule has 0 aliphatic carbocycles. The Hall–Kier alpha value is -0.850. The number of thiazole rings is 1. The number of hydrogen-bond donors (Lipinski definition) is 1. The van der Waals surface area contributed by atoms with E-state index < -0.39 is 17.7 Å². The topological polar surface area (TPSA) is 38.9 Å². The van der Waals surface area contributed by atoms with Crippen molar-refractivity contribution >= 4 is 27.3 Å². The van der Waals surface area contributed by atoms with Gasteiger partial charge in [-0.3, -0.25) is 0 Å². The summed E-state index contributed by atoms with van der Waals surface area (Å²) in [7, 11) is 0. The molecule has 0 saturated carbocycles. The van der Waals surface area contributed by atoms with Crippen LogP contribution in [0.3, 0.4) is 0 Å². The second-order valence-electron chi connectivity index (χ2n) is 3.53. The SMILES string of the molecule is Cc1nc(C(N)c2c(F)ccc(Br)c2F)cs1. The van der Waals surface area contributed by atoms with E-state index in [4.69, 9.17) is 5.73 Å². The van der Waals surface area contributed by atoms with Crippen LogP contribution >= 0.6 is 27.3 Å². The van der Waals surface area contributed by atoms with E-state index in [0.717, 1.165) is 5.01 Å². The third kappa shape index (κ3) is 2.38. The van der Waals surface area contributed by atoms with Crippen molar-refractivity contribution < 1.29 is 8.78 Å². The zero-order valence-electron chi connectivity index (χ0n) is 8.88. The molecule has 0 aliphatic heterocycles. The summed E-state index contributed by atoms with van der Waals surface area (Å²) in [6.45, 7) is 1.81. The van der Waals surface area contributed by atoms with Crippen molar-refractivity contribution in [2.24, 2.45) is 5.73 Å². The molecule has 1 unspecified atom stereocenters. The lowest BCUT2D eigenvalue weighted by molar-refractivity contribution is 0.537. The van der Waals surface area contributed by atoms with Gasteiger partial charge in [-0.25, -0.2) is 13.8 Å². The van der Waals surface area contributed by atoms with Crippen molar-refractivity contribution in [2.45, 2.75) is 13.0 Å². The van der Waals surface area contributed by atoms with E-state index in [1.54, 1.807) is 5.38 Å². The first-order valence-electron chi connectivity index (χ1n) is 4.81. The Morgan fingerprint density at radius 1 is 1.41 bits per heavy atom. The summed E-state index contributed by atoms with van der Waals surface area (Å²) < 4.78 is 27.6. The van der Waals surface area contributed by atoms with Gasteiger partial charge in [-0.05, 0) is 35.0 Å². The maximum Gasteiger partial charge on any atom is 0.145 e. The normalized spacial score (nSPS) is 12.8. The van der Waals surface area contributed by atoms with Crippen LogP contribution in [0.2, 0.25) is 0 Å². The molecule has 2 N–H and O–H groups in total. The molecular weight excluding hydrogens is 310 g/mol. The molecule has 1 aromatic heterocycles. The highest BCUT2D eigenvalue weighted by Gasteiger charge is 2.22. The average molecular weight is 319 g/mol. The highest BCUT2D eigenvalue weighted by atomic mass is 79.9. The molecule has 0 radical (unpaired) electrons. The van der Waals surface area contributed by atoms with Crippen LogP contribution in [0.4, 0.5) is 8.78 Å². The summed E-state index contributed by atoms with van der Waals surface area (Å²) in [5.74, 6) is -1.34. The summed E-state index contributed by atoms with van der Waals surface area (Å²) in [4.78, 5) is 4.14. The van der Waals surface area contributed by atoms with Crippen molar-refractivity contribution in [3.63, 3.8) is 0 Å². The highest BCUT2D eigenvalue weighted by molar-refractivity contribution is 9.10. The van der Waals surface area contributed by atoms with Gasteiger partial charge >= 0.3 is 0 Å². The van der Waals surface area contributed by atoms with Crippen LogP contribution in [0.1, 0.15) is 22.3 Å². The minimum absolute atomic E-state index is 0.162. The molecule has 2 nitrogen and oxygen atoms in total. The summed E-state index contributed by atoms with van der Waals surface area (Å²) in [5.41, 5.74) is 6.16. The van der Waals surface area contributed by atoms with E-state index >= 15 is 0 Å². The van der Waals surface area contributed by atoms with E-state index in [-0.39, 0.29) is 10.0 Å². The monoisotopic (exact) mass is 318 g/mol. The molecule has 90 valence electrons. The molecule has 1 aromatic carbocycles. The van der Waals surface area contributed by atoms with E-state index in [9.17, 15) is 8.78 Å². The molecule has 0 aliphatic rings. The molecule has 0 saturated heterocycles. The van der Waals surface area contributed by atoms with Crippen LogP contribution in [-0.4, -0.2) is 4.98 Å². The van der Waals surface area contributed by atoms with Crippen molar-refractivity contribution in [1.82, 2.24) is 4.98 Å². The fraction of sp³-hybridized carbons (Fsp3) is 0.182. The molecule has 1 atom stereocenters. The third-order valence-corrected chi connectivity index (χ3v) is 3.75. The molecule has 0 amide bonds. The van der Waals surface area contributed by atoms with Gasteiger partial charge in [0.15, 0.2) is 0 Å². The summed E-state index contributed by atoms with van der Waals surface area (Å²) >= 11 is 4.41. The fourth-order valence-electron chi connectivity index (χ4n) is 1.50. The maximum atomic E-state index is 13.8. The minimum atomic E-state index is -0.891. The van der Waals surface area contributed by atoms with Gasteiger partial charge in [0.25, 0.3) is 0 Å². The van der Waals surface area contributed by atoms with Crippen LogP contribution in [0.5, 0.6) is 0 Å². The molecule has 1 heterocycles. The lowest BCUT2D eigenvalue weighted by atomic mass is 10.0. The van der Waals surface area contributed by atoms with Gasteiger partial charge in [0.1, 0.15) is 11.6 Å². The third-order valence-electron chi connectivity index (χ3n) is 2.35. The van der Waals surface area contributed by atoms with Crippen molar-refractivity contribution in [3.8, 4) is 0 Å². The molecule has 2 rings (SSSR count). The first-order valence-corrected chi connectivity index (χ1v) is 6.49. The van der Waals surface area contributed by atoms with Crippen LogP contribution in [-0.2, 0) is 0 Å². The standard InChI is InChI=1S/C11H9BrF2N2S/c1-5-16-8(4-17-5)11(15)9-7(13)3-2-6(12)10(9)14/h2-4,11H,15H2,1H3. The predicted molar refractivity (Wildman–Crippen MR) is 66.9 cm³/mol. The van der Waals surface area contributed by atoms with E-state index in [2.05, 4.69) is 20.9 Å². The smallest absolute Gasteiger partial charge is 0.145 e. The van der Waals surface area contributed by atoms with Gasteiger partial charge < -0.3 is 5.73 Å². The van der Waals surface area contributed by atoms with E-state index in [1.807, 2.05) is 6.92 Å². The van der Waals surface area contributed by atoms with Crippen LogP contribution < -0.4 is 5.73 Å². The van der Waals surface area contributed by atoms with Gasteiger partial charge in [0.2, 0.25) is 0 Å². The molecule has 6 heteroatoms. The number of aryl methyl sites for hydroxylation is 1. The number of nitrogens with zero attached hydrogens (tertiary/aromatic N) is 1. The number of halogens is 3. The first kappa shape index (κ1) is 12.6. The Labute approximate surface area is 110 Å². The minimum Gasteiger partial charge on any atom is -0.319 e. The Morgan fingerprint density at radius 2 is 2.12 bits per heavy atom. The van der Waals surface area contributed by atoms with E-state index in [0.29, 0.717) is 5.69 Å². The van der Waals surface area contributed by atoms with Gasteiger partial charge in [0, 0.05) is 10.9 Å². The van der Waals surface area contributed by atoms with Crippen LogP contribution in [0.25, 0.3) is 0 Å². The molecule has 2 aromatic rings. The zero-order chi connectivity index (χ0) is 12.6. The van der Waals surface area contributed by atoms with Gasteiger partial charge in [0.05, 0.1) is 21.2 Å². The second kappa shape index (κ2) is 4.80. The van der Waals surface area contributed by atoms with Gasteiger partial charge in [-0.1, -0.05) is 0 Å². The van der Waals surface area contributed by atoms with Crippen molar-refractivity contribution in [1.29, 1.82) is 0 Å². The summed E-state index contributed by atoms with van der Waals surface area (Å²) in [6, 6.07) is 1.60. The van der Waals surface area contributed by atoms with Gasteiger partial charge in [-0.2, -0.15) is 0 Å². The largest absolute Gasteiger partial charge is 0.319 e. The van der Waals surface area contributed by atoms with Crippen LogP contribution in [0.15, 0.2) is 22.0 Å². The van der Waals surface area contributed by atoms with Gasteiger partial charge in [-0.15, -0.1) is 11.3 Å². The average Bonchev–Trinajstić information content (AvgIpc) is 2.71. The predicted octanol–water partition coefficient (Wildman–Crippen LogP) is 3.54. The number of aromatic nitrogens is 1. The van der Waals surface area contributed by atoms with E-state index in [1.165, 1.54) is 23.5 Å². The van der Waals surface area contributed by atoms with Crippen molar-refractivity contribution in [3.05, 3.63) is 49.9 Å². The fourth-order valence-corrected chi connectivity index (χ4v) is 2.49. The van der Waals surface area contributed by atoms with Crippen LogP contribution in [0, 0.1) is 18.6 Å². The molecule has 17 heavy (non-hydrogen) atoms. The molecule has 0 bridgehead atoms. The number of rotatable bonds is 2. The van der Waals surface area contributed by atoms with Crippen molar-refractivity contribution in [2.75, 3.05) is 0 Å². The molecule has 0 spiro atoms. The zero-order valence-corrected chi connectivity index (χ0v) is 11.3. The number of nitrogens with two attached hydrogens (primary N) is 1. The lowest BCUT2D eigenvalue weighted by Gasteiger charge is -2.12. The first-order chi connectivity index (χ1) is 8.00. The Bertz CT molecular complexity index is 556. The number of benzene rings is 1. The molecular formula is C11H9BrF2N2S. The Morgan fingerprint density at radius 3 is 2.71 bits per heavy atom. The Kier molecular flexibility index (Phi) is 3.56. The summed E-state index contributed by atoms with van der Waals surface area (Å²) in [5, 5.41) is 2.52. The highest BCUT2D eigenvalue weighted by Crippen LogP contribution is 2.29. The number of hydrogen-bond acceptors (Lipinski definition) is 3. The quantitative estimate of drug-likeness (QED) is 0.860. The Balaban J connectivity index is 2.50.